The minimum Gasteiger partial charge on any atom is -0.463 e. The van der Waals surface area contributed by atoms with Crippen LogP contribution < -0.4 is 0 Å². The first kappa shape index (κ1) is 20.5. The number of nitrogens with zero attached hydrogens (tertiary/aromatic N) is 1. The Kier molecular flexibility index (Phi) is 5.57. The molecule has 2 aliphatic heterocycles. The SMILES string of the molecule is O=C(C[C@@H]1c2ccccc2CCN1S(=O)(=O)c1ccc(F)cc1)O[C@H]1CCOC1=O. The quantitative estimate of drug-likeness (QED) is 0.673. The summed E-state index contributed by atoms with van der Waals surface area (Å²) in [5.74, 6) is -1.82. The van der Waals surface area contributed by atoms with E-state index in [1.165, 1.54) is 16.4 Å². The van der Waals surface area contributed by atoms with E-state index in [1.54, 1.807) is 12.1 Å². The van der Waals surface area contributed by atoms with E-state index in [0.29, 0.717) is 12.0 Å². The molecule has 0 amide bonds. The van der Waals surface area contributed by atoms with Gasteiger partial charge in [0.15, 0.2) is 0 Å². The van der Waals surface area contributed by atoms with Gasteiger partial charge < -0.3 is 9.47 Å². The van der Waals surface area contributed by atoms with Crippen LogP contribution in [0.2, 0.25) is 0 Å². The van der Waals surface area contributed by atoms with Crippen LogP contribution in [0.15, 0.2) is 53.4 Å². The first-order valence-corrected chi connectivity index (χ1v) is 11.0. The zero-order valence-electron chi connectivity index (χ0n) is 16.0. The Balaban J connectivity index is 1.64. The Morgan fingerprint density at radius 3 is 2.60 bits per heavy atom. The van der Waals surface area contributed by atoms with Crippen molar-refractivity contribution in [1.82, 2.24) is 4.31 Å². The van der Waals surface area contributed by atoms with Crippen LogP contribution in [0.4, 0.5) is 4.39 Å². The summed E-state index contributed by atoms with van der Waals surface area (Å²) < 4.78 is 51.1. The fourth-order valence-electron chi connectivity index (χ4n) is 3.82. The highest BCUT2D eigenvalue weighted by atomic mass is 32.2. The van der Waals surface area contributed by atoms with Crippen LogP contribution in [0.5, 0.6) is 0 Å². The average molecular weight is 433 g/mol. The van der Waals surface area contributed by atoms with Crippen molar-refractivity contribution in [2.45, 2.75) is 36.3 Å². The number of halogens is 1. The topological polar surface area (TPSA) is 90.0 Å². The van der Waals surface area contributed by atoms with E-state index >= 15 is 0 Å². The molecule has 9 heteroatoms. The molecule has 30 heavy (non-hydrogen) atoms. The fraction of sp³-hybridized carbons (Fsp3) is 0.333. The number of hydrogen-bond acceptors (Lipinski definition) is 6. The van der Waals surface area contributed by atoms with Gasteiger partial charge >= 0.3 is 11.9 Å². The van der Waals surface area contributed by atoms with Gasteiger partial charge in [0.1, 0.15) is 5.82 Å². The number of fused-ring (bicyclic) bond motifs is 1. The summed E-state index contributed by atoms with van der Waals surface area (Å²) >= 11 is 0. The van der Waals surface area contributed by atoms with Gasteiger partial charge in [0.05, 0.1) is 24.0 Å². The van der Waals surface area contributed by atoms with Crippen molar-refractivity contribution >= 4 is 22.0 Å². The van der Waals surface area contributed by atoms with Gasteiger partial charge in [0, 0.05) is 13.0 Å². The molecule has 0 N–H and O–H groups in total. The van der Waals surface area contributed by atoms with E-state index < -0.39 is 39.9 Å². The van der Waals surface area contributed by atoms with E-state index in [-0.39, 0.29) is 30.9 Å². The lowest BCUT2D eigenvalue weighted by molar-refractivity contribution is -0.160. The molecular weight excluding hydrogens is 413 g/mol. The number of cyclic esters (lactones) is 1. The Hall–Kier alpha value is -2.78. The molecule has 0 unspecified atom stereocenters. The second kappa shape index (κ2) is 8.16. The van der Waals surface area contributed by atoms with Crippen molar-refractivity contribution in [3.05, 3.63) is 65.5 Å². The lowest BCUT2D eigenvalue weighted by Gasteiger charge is -2.36. The van der Waals surface area contributed by atoms with Gasteiger partial charge in [-0.25, -0.2) is 17.6 Å². The normalized spacial score (nSPS) is 21.7. The zero-order valence-corrected chi connectivity index (χ0v) is 16.8. The largest absolute Gasteiger partial charge is 0.463 e. The number of esters is 2. The van der Waals surface area contributed by atoms with E-state index in [1.807, 2.05) is 12.1 Å². The molecule has 0 spiro atoms. The summed E-state index contributed by atoms with van der Waals surface area (Å²) in [5.41, 5.74) is 1.65. The summed E-state index contributed by atoms with van der Waals surface area (Å²) in [7, 11) is -3.99. The van der Waals surface area contributed by atoms with E-state index in [0.717, 1.165) is 17.7 Å². The van der Waals surface area contributed by atoms with Crippen molar-refractivity contribution in [2.75, 3.05) is 13.2 Å². The highest BCUT2D eigenvalue weighted by Crippen LogP contribution is 2.36. The van der Waals surface area contributed by atoms with Crippen molar-refractivity contribution in [2.24, 2.45) is 0 Å². The van der Waals surface area contributed by atoms with Crippen LogP contribution in [0.3, 0.4) is 0 Å². The number of carbonyl (C=O) groups is 2. The number of rotatable bonds is 5. The molecule has 2 aromatic rings. The summed E-state index contributed by atoms with van der Waals surface area (Å²) in [5, 5.41) is 0. The molecule has 0 bridgehead atoms. The maximum Gasteiger partial charge on any atom is 0.347 e. The van der Waals surface area contributed by atoms with Gasteiger partial charge in [0.25, 0.3) is 0 Å². The first-order chi connectivity index (χ1) is 14.4. The lowest BCUT2D eigenvalue weighted by atomic mass is 9.92. The standard InChI is InChI=1S/C21H20FNO6S/c22-15-5-7-16(8-6-15)30(26,27)23-11-9-14-3-1-2-4-17(14)18(23)13-20(24)29-19-10-12-28-21(19)25/h1-8,18-19H,9-13H2/t18-,19+/m1/s1. The number of carbonyl (C=O) groups excluding carboxylic acids is 2. The highest BCUT2D eigenvalue weighted by molar-refractivity contribution is 7.89. The highest BCUT2D eigenvalue weighted by Gasteiger charge is 2.39. The zero-order chi connectivity index (χ0) is 21.3. The van der Waals surface area contributed by atoms with Crippen LogP contribution in [-0.2, 0) is 35.5 Å². The summed E-state index contributed by atoms with van der Waals surface area (Å²) in [6.07, 6.45) is -0.444. The van der Waals surface area contributed by atoms with Gasteiger partial charge in [-0.2, -0.15) is 4.31 Å². The summed E-state index contributed by atoms with van der Waals surface area (Å²) in [6, 6.07) is 11.1. The molecule has 158 valence electrons. The molecule has 0 aromatic heterocycles. The number of ether oxygens (including phenoxy) is 2. The lowest BCUT2D eigenvalue weighted by Crippen LogP contribution is -2.41. The van der Waals surface area contributed by atoms with Gasteiger partial charge in [0.2, 0.25) is 16.1 Å². The maximum atomic E-state index is 13.3. The van der Waals surface area contributed by atoms with Crippen molar-refractivity contribution < 1.29 is 31.9 Å². The molecule has 0 aliphatic carbocycles. The second-order valence-electron chi connectivity index (χ2n) is 7.17. The molecule has 1 saturated heterocycles. The van der Waals surface area contributed by atoms with E-state index in [4.69, 9.17) is 9.47 Å². The van der Waals surface area contributed by atoms with Crippen LogP contribution in [0.1, 0.15) is 30.0 Å². The van der Waals surface area contributed by atoms with Crippen LogP contribution in [0.25, 0.3) is 0 Å². The summed E-state index contributed by atoms with van der Waals surface area (Å²) in [6.45, 7) is 0.355. The molecule has 4 rings (SSSR count). The molecule has 7 nitrogen and oxygen atoms in total. The molecule has 0 saturated carbocycles. The third kappa shape index (κ3) is 3.95. The van der Waals surface area contributed by atoms with Gasteiger partial charge in [-0.05, 0) is 41.8 Å². The molecule has 2 aliphatic rings. The Morgan fingerprint density at radius 2 is 1.90 bits per heavy atom. The van der Waals surface area contributed by atoms with E-state index in [2.05, 4.69) is 0 Å². The number of benzene rings is 2. The third-order valence-electron chi connectivity index (χ3n) is 5.30. The Bertz CT molecular complexity index is 1070. The minimum atomic E-state index is -3.99. The van der Waals surface area contributed by atoms with E-state index in [9.17, 15) is 22.4 Å². The van der Waals surface area contributed by atoms with Gasteiger partial charge in [-0.15, -0.1) is 0 Å². The number of sulfonamides is 1. The Morgan fingerprint density at radius 1 is 1.17 bits per heavy atom. The average Bonchev–Trinajstić information content (AvgIpc) is 3.12. The molecule has 2 heterocycles. The monoisotopic (exact) mass is 433 g/mol. The predicted octanol–water partition coefficient (Wildman–Crippen LogP) is 2.36. The summed E-state index contributed by atoms with van der Waals surface area (Å²) in [4.78, 5) is 24.1. The fourth-order valence-corrected chi connectivity index (χ4v) is 5.42. The van der Waals surface area contributed by atoms with Gasteiger partial charge in [-0.1, -0.05) is 24.3 Å². The number of hydrogen-bond donors (Lipinski definition) is 0. The smallest absolute Gasteiger partial charge is 0.347 e. The first-order valence-electron chi connectivity index (χ1n) is 9.57. The Labute approximate surface area is 173 Å². The second-order valence-corrected chi connectivity index (χ2v) is 9.06. The maximum absolute atomic E-state index is 13.3. The third-order valence-corrected chi connectivity index (χ3v) is 7.23. The van der Waals surface area contributed by atoms with Crippen molar-refractivity contribution in [3.63, 3.8) is 0 Å². The minimum absolute atomic E-state index is 0.0546. The predicted molar refractivity (Wildman–Crippen MR) is 103 cm³/mol. The van der Waals surface area contributed by atoms with Gasteiger partial charge in [-0.3, -0.25) is 4.79 Å². The molecule has 2 atom stereocenters. The molecule has 1 fully saturated rings. The van der Waals surface area contributed by atoms with Crippen molar-refractivity contribution in [1.29, 1.82) is 0 Å². The molecular formula is C21H20FNO6S. The van der Waals surface area contributed by atoms with Crippen LogP contribution >= 0.6 is 0 Å². The van der Waals surface area contributed by atoms with Crippen LogP contribution in [0, 0.1) is 5.82 Å². The molecule has 2 aromatic carbocycles. The van der Waals surface area contributed by atoms with Crippen LogP contribution in [-0.4, -0.2) is 43.9 Å². The van der Waals surface area contributed by atoms with Crippen molar-refractivity contribution in [3.8, 4) is 0 Å². The molecule has 0 radical (unpaired) electrons.